The Morgan fingerprint density at radius 1 is 1.14 bits per heavy atom. The van der Waals surface area contributed by atoms with Crippen LogP contribution >= 0.6 is 0 Å². The molecule has 0 spiro atoms. The molecule has 0 aliphatic carbocycles. The zero-order valence-electron chi connectivity index (χ0n) is 12.5. The van der Waals surface area contributed by atoms with Crippen LogP contribution in [0.2, 0.25) is 0 Å². The van der Waals surface area contributed by atoms with Crippen LogP contribution in [-0.2, 0) is 0 Å². The van der Waals surface area contributed by atoms with E-state index in [1.54, 1.807) is 0 Å². The monoisotopic (exact) mass is 282 g/mol. The summed E-state index contributed by atoms with van der Waals surface area (Å²) in [4.78, 5) is 2.37. The minimum Gasteiger partial charge on any atom is -0.492 e. The minimum atomic E-state index is 0.585. The zero-order chi connectivity index (χ0) is 14.7. The second-order valence-corrected chi connectivity index (χ2v) is 5.46. The van der Waals surface area contributed by atoms with Crippen LogP contribution in [0.3, 0.4) is 0 Å². The van der Waals surface area contributed by atoms with Crippen LogP contribution in [0.25, 0.3) is 0 Å². The van der Waals surface area contributed by atoms with Crippen LogP contribution in [0.5, 0.6) is 5.75 Å². The van der Waals surface area contributed by atoms with E-state index in [9.17, 15) is 0 Å². The number of nitrogens with two attached hydrogens (primary N) is 1. The highest BCUT2D eigenvalue weighted by Crippen LogP contribution is 2.37. The van der Waals surface area contributed by atoms with Crippen LogP contribution in [0, 0.1) is 0 Å². The van der Waals surface area contributed by atoms with Crippen molar-refractivity contribution in [2.45, 2.75) is 19.3 Å². The van der Waals surface area contributed by atoms with Crippen molar-refractivity contribution in [1.82, 2.24) is 0 Å². The smallest absolute Gasteiger partial charge is 0.144 e. The van der Waals surface area contributed by atoms with Crippen molar-refractivity contribution in [2.75, 3.05) is 30.3 Å². The Labute approximate surface area is 126 Å². The van der Waals surface area contributed by atoms with Gasteiger partial charge in [0.15, 0.2) is 0 Å². The van der Waals surface area contributed by atoms with E-state index in [0.29, 0.717) is 12.5 Å². The molecule has 3 rings (SSSR count). The molecule has 3 heteroatoms. The van der Waals surface area contributed by atoms with E-state index < -0.39 is 0 Å². The van der Waals surface area contributed by atoms with Crippen molar-refractivity contribution >= 4 is 11.4 Å². The third-order valence-corrected chi connectivity index (χ3v) is 4.14. The molecule has 110 valence electrons. The van der Waals surface area contributed by atoms with E-state index in [4.69, 9.17) is 10.5 Å². The minimum absolute atomic E-state index is 0.585. The molecular weight excluding hydrogens is 260 g/mol. The average Bonchev–Trinajstić information content (AvgIpc) is 3.00. The summed E-state index contributed by atoms with van der Waals surface area (Å²) in [6, 6.07) is 16.8. The number of anilines is 2. The van der Waals surface area contributed by atoms with Crippen molar-refractivity contribution in [2.24, 2.45) is 0 Å². The zero-order valence-corrected chi connectivity index (χ0v) is 12.5. The van der Waals surface area contributed by atoms with Gasteiger partial charge in [0.25, 0.3) is 0 Å². The van der Waals surface area contributed by atoms with Crippen LogP contribution < -0.4 is 15.4 Å². The van der Waals surface area contributed by atoms with E-state index >= 15 is 0 Å². The van der Waals surface area contributed by atoms with Gasteiger partial charge in [0.1, 0.15) is 5.75 Å². The van der Waals surface area contributed by atoms with Gasteiger partial charge in [-0.05, 0) is 31.0 Å². The molecule has 1 saturated heterocycles. The van der Waals surface area contributed by atoms with Crippen molar-refractivity contribution in [1.29, 1.82) is 0 Å². The lowest BCUT2D eigenvalue weighted by Gasteiger charge is -2.22. The van der Waals surface area contributed by atoms with Gasteiger partial charge in [0.05, 0.1) is 18.0 Å². The molecule has 2 aromatic carbocycles. The number of hydrogen-bond acceptors (Lipinski definition) is 3. The Morgan fingerprint density at radius 3 is 2.71 bits per heavy atom. The van der Waals surface area contributed by atoms with Gasteiger partial charge in [-0.3, -0.25) is 0 Å². The number of benzene rings is 2. The normalized spacial score (nSPS) is 18.0. The molecule has 2 N–H and O–H groups in total. The molecule has 0 bridgehead atoms. The molecule has 0 radical (unpaired) electrons. The first-order chi connectivity index (χ1) is 10.3. The number of ether oxygens (including phenoxy) is 1. The van der Waals surface area contributed by atoms with Gasteiger partial charge in [-0.1, -0.05) is 36.4 Å². The highest BCUT2D eigenvalue weighted by atomic mass is 16.5. The lowest BCUT2D eigenvalue weighted by molar-refractivity contribution is 0.342. The van der Waals surface area contributed by atoms with Gasteiger partial charge in [-0.25, -0.2) is 0 Å². The number of nitrogen functional groups attached to an aromatic ring is 1. The van der Waals surface area contributed by atoms with Gasteiger partial charge < -0.3 is 15.4 Å². The molecule has 1 atom stereocenters. The summed E-state index contributed by atoms with van der Waals surface area (Å²) < 4.78 is 5.60. The number of nitrogens with zero attached hydrogens (tertiary/aromatic N) is 1. The fourth-order valence-corrected chi connectivity index (χ4v) is 3.07. The summed E-state index contributed by atoms with van der Waals surface area (Å²) >= 11 is 0. The van der Waals surface area contributed by atoms with Crippen molar-refractivity contribution in [3.8, 4) is 5.75 Å². The molecule has 1 aliphatic heterocycles. The second-order valence-electron chi connectivity index (χ2n) is 5.46. The van der Waals surface area contributed by atoms with E-state index in [1.807, 2.05) is 19.1 Å². The molecular formula is C18H22N2O. The average molecular weight is 282 g/mol. The van der Waals surface area contributed by atoms with Gasteiger partial charge in [0.2, 0.25) is 0 Å². The second kappa shape index (κ2) is 6.08. The molecule has 0 amide bonds. The fraction of sp³-hybridized carbons (Fsp3) is 0.333. The van der Waals surface area contributed by atoms with E-state index in [-0.39, 0.29) is 0 Å². The first-order valence-corrected chi connectivity index (χ1v) is 7.60. The number of para-hydroxylation sites is 1. The summed E-state index contributed by atoms with van der Waals surface area (Å²) in [5, 5.41) is 0. The van der Waals surface area contributed by atoms with Gasteiger partial charge in [-0.2, -0.15) is 0 Å². The standard InChI is InChI=1S/C18H22N2O/c1-2-21-17-10-6-9-16(18(17)19)20-12-11-15(13-20)14-7-4-3-5-8-14/h3-10,15H,2,11-13,19H2,1H3. The Hall–Kier alpha value is -2.16. The first-order valence-electron chi connectivity index (χ1n) is 7.60. The molecule has 1 fully saturated rings. The molecule has 21 heavy (non-hydrogen) atoms. The first kappa shape index (κ1) is 13.8. The third-order valence-electron chi connectivity index (χ3n) is 4.14. The van der Waals surface area contributed by atoms with Gasteiger partial charge in [0, 0.05) is 19.0 Å². The number of hydrogen-bond donors (Lipinski definition) is 1. The molecule has 1 heterocycles. The predicted octanol–water partition coefficient (Wildman–Crippen LogP) is 3.66. The van der Waals surface area contributed by atoms with Crippen molar-refractivity contribution in [3.05, 3.63) is 54.1 Å². The fourth-order valence-electron chi connectivity index (χ4n) is 3.07. The summed E-state index contributed by atoms with van der Waals surface area (Å²) in [5.74, 6) is 1.37. The molecule has 2 aromatic rings. The van der Waals surface area contributed by atoms with Crippen LogP contribution in [0.1, 0.15) is 24.8 Å². The summed E-state index contributed by atoms with van der Waals surface area (Å²) in [6.07, 6.45) is 1.17. The van der Waals surface area contributed by atoms with Gasteiger partial charge in [-0.15, -0.1) is 0 Å². The molecule has 3 nitrogen and oxygen atoms in total. The predicted molar refractivity (Wildman–Crippen MR) is 88.0 cm³/mol. The summed E-state index contributed by atoms with van der Waals surface area (Å²) in [5.41, 5.74) is 9.54. The maximum absolute atomic E-state index is 6.27. The van der Waals surface area contributed by atoms with Crippen molar-refractivity contribution < 1.29 is 4.74 Å². The maximum atomic E-state index is 6.27. The highest BCUT2D eigenvalue weighted by Gasteiger charge is 2.25. The van der Waals surface area contributed by atoms with Crippen LogP contribution in [0.15, 0.2) is 48.5 Å². The van der Waals surface area contributed by atoms with Gasteiger partial charge >= 0.3 is 0 Å². The SMILES string of the molecule is CCOc1cccc(N2CCC(c3ccccc3)C2)c1N. The molecule has 0 aromatic heterocycles. The van der Waals surface area contributed by atoms with E-state index in [1.165, 1.54) is 12.0 Å². The molecule has 0 saturated carbocycles. The largest absolute Gasteiger partial charge is 0.492 e. The maximum Gasteiger partial charge on any atom is 0.144 e. The van der Waals surface area contributed by atoms with E-state index in [2.05, 4.69) is 41.3 Å². The lowest BCUT2D eigenvalue weighted by Crippen LogP contribution is -2.20. The van der Waals surface area contributed by atoms with Crippen molar-refractivity contribution in [3.63, 3.8) is 0 Å². The third kappa shape index (κ3) is 2.82. The highest BCUT2D eigenvalue weighted by molar-refractivity contribution is 5.74. The topological polar surface area (TPSA) is 38.5 Å². The quantitative estimate of drug-likeness (QED) is 0.870. The van der Waals surface area contributed by atoms with Crippen LogP contribution in [-0.4, -0.2) is 19.7 Å². The number of rotatable bonds is 4. The Kier molecular flexibility index (Phi) is 4.00. The molecule has 1 unspecified atom stereocenters. The lowest BCUT2D eigenvalue weighted by atomic mass is 9.99. The Morgan fingerprint density at radius 2 is 1.95 bits per heavy atom. The van der Waals surface area contributed by atoms with Crippen LogP contribution in [0.4, 0.5) is 11.4 Å². The Bertz CT molecular complexity index is 597. The summed E-state index contributed by atoms with van der Waals surface area (Å²) in [6.45, 7) is 4.68. The van der Waals surface area contributed by atoms with E-state index in [0.717, 1.165) is 30.2 Å². The Balaban J connectivity index is 1.79. The molecule has 1 aliphatic rings. The summed E-state index contributed by atoms with van der Waals surface area (Å²) in [7, 11) is 0.